The Morgan fingerprint density at radius 3 is 2.32 bits per heavy atom. The van der Waals surface area contributed by atoms with E-state index < -0.39 is 25.0 Å². The smallest absolute Gasteiger partial charge is 0.387 e. The molecule has 0 bridgehead atoms. The lowest BCUT2D eigenvalue weighted by Crippen LogP contribution is -2.15. The van der Waals surface area contributed by atoms with Crippen molar-refractivity contribution >= 4 is 35.0 Å². The van der Waals surface area contributed by atoms with Gasteiger partial charge in [0.1, 0.15) is 5.75 Å². The van der Waals surface area contributed by atoms with Crippen molar-refractivity contribution in [3.8, 4) is 11.4 Å². The fourth-order valence-electron chi connectivity index (χ4n) is 3.16. The zero-order chi connectivity index (χ0) is 22.7. The SMILES string of the molecule is Cc1cc(C(=O)COC(=O)c2cc(Cl)ccc2Cl)c(C)n1-c1ccc(OC(F)F)cc1. The van der Waals surface area contributed by atoms with E-state index >= 15 is 0 Å². The summed E-state index contributed by atoms with van der Waals surface area (Å²) in [6, 6.07) is 12.1. The van der Waals surface area contributed by atoms with E-state index in [1.54, 1.807) is 36.6 Å². The molecule has 0 saturated heterocycles. The summed E-state index contributed by atoms with van der Waals surface area (Å²) in [5.41, 5.74) is 2.46. The van der Waals surface area contributed by atoms with Crippen LogP contribution in [-0.4, -0.2) is 29.5 Å². The van der Waals surface area contributed by atoms with Crippen LogP contribution in [0, 0.1) is 13.8 Å². The van der Waals surface area contributed by atoms with Crippen LogP contribution in [0.1, 0.15) is 32.1 Å². The van der Waals surface area contributed by atoms with Gasteiger partial charge in [-0.05, 0) is 62.4 Å². The predicted molar refractivity (Wildman–Crippen MR) is 113 cm³/mol. The molecule has 0 aliphatic carbocycles. The molecule has 0 aliphatic rings. The van der Waals surface area contributed by atoms with Crippen LogP contribution in [0.2, 0.25) is 10.0 Å². The maximum absolute atomic E-state index is 12.7. The minimum Gasteiger partial charge on any atom is -0.454 e. The average Bonchev–Trinajstić information content (AvgIpc) is 3.02. The van der Waals surface area contributed by atoms with Crippen LogP contribution < -0.4 is 4.74 Å². The summed E-state index contributed by atoms with van der Waals surface area (Å²) in [5.74, 6) is -1.13. The molecule has 1 aromatic heterocycles. The lowest BCUT2D eigenvalue weighted by Gasteiger charge is -2.11. The maximum atomic E-state index is 12.7. The van der Waals surface area contributed by atoms with E-state index in [4.69, 9.17) is 27.9 Å². The Morgan fingerprint density at radius 2 is 1.68 bits per heavy atom. The van der Waals surface area contributed by atoms with Gasteiger partial charge in [-0.15, -0.1) is 0 Å². The van der Waals surface area contributed by atoms with Crippen molar-refractivity contribution in [2.75, 3.05) is 6.61 Å². The zero-order valence-corrected chi connectivity index (χ0v) is 18.0. The number of alkyl halides is 2. The zero-order valence-electron chi connectivity index (χ0n) is 16.5. The molecule has 9 heteroatoms. The van der Waals surface area contributed by atoms with Gasteiger partial charge in [-0.3, -0.25) is 4.79 Å². The first kappa shape index (κ1) is 22.8. The first-order valence-electron chi connectivity index (χ1n) is 9.07. The van der Waals surface area contributed by atoms with Crippen LogP contribution in [-0.2, 0) is 4.74 Å². The number of hydrogen-bond acceptors (Lipinski definition) is 4. The van der Waals surface area contributed by atoms with Crippen molar-refractivity contribution in [1.82, 2.24) is 4.57 Å². The molecule has 2 aromatic carbocycles. The van der Waals surface area contributed by atoms with Gasteiger partial charge in [-0.2, -0.15) is 8.78 Å². The van der Waals surface area contributed by atoms with E-state index in [0.29, 0.717) is 22.0 Å². The fourth-order valence-corrected chi connectivity index (χ4v) is 3.53. The highest BCUT2D eigenvalue weighted by Crippen LogP contribution is 2.25. The number of rotatable bonds is 7. The van der Waals surface area contributed by atoms with Crippen molar-refractivity contribution in [3.05, 3.63) is 81.1 Å². The Hall–Kier alpha value is -2.90. The average molecular weight is 468 g/mol. The van der Waals surface area contributed by atoms with E-state index in [2.05, 4.69) is 4.74 Å². The molecule has 5 nitrogen and oxygen atoms in total. The number of benzene rings is 2. The Labute approximate surface area is 187 Å². The van der Waals surface area contributed by atoms with E-state index in [1.165, 1.54) is 30.3 Å². The van der Waals surface area contributed by atoms with Gasteiger partial charge in [-0.25, -0.2) is 4.79 Å². The molecule has 3 rings (SSSR count). The number of ether oxygens (including phenoxy) is 2. The number of Topliss-reactive ketones (excluding diaryl/α,β-unsaturated/α-hetero) is 1. The number of ketones is 1. The molecular formula is C22H17Cl2F2NO4. The first-order chi connectivity index (χ1) is 14.7. The molecule has 0 spiro atoms. The third-order valence-corrected chi connectivity index (χ3v) is 5.10. The number of carbonyl (C=O) groups is 2. The lowest BCUT2D eigenvalue weighted by atomic mass is 10.1. The molecule has 0 amide bonds. The summed E-state index contributed by atoms with van der Waals surface area (Å²) in [7, 11) is 0. The number of carbonyl (C=O) groups excluding carboxylic acids is 2. The normalized spacial score (nSPS) is 10.9. The van der Waals surface area contributed by atoms with Gasteiger partial charge in [0.15, 0.2) is 6.61 Å². The number of esters is 1. The van der Waals surface area contributed by atoms with Crippen LogP contribution in [0.5, 0.6) is 5.75 Å². The van der Waals surface area contributed by atoms with Crippen molar-refractivity contribution in [2.24, 2.45) is 0 Å². The van der Waals surface area contributed by atoms with Gasteiger partial charge in [-0.1, -0.05) is 23.2 Å². The second kappa shape index (κ2) is 9.49. The molecule has 0 radical (unpaired) electrons. The number of halogens is 4. The van der Waals surface area contributed by atoms with Crippen LogP contribution in [0.4, 0.5) is 8.78 Å². The largest absolute Gasteiger partial charge is 0.454 e. The number of aryl methyl sites for hydroxylation is 1. The summed E-state index contributed by atoms with van der Waals surface area (Å²) in [5, 5.41) is 0.482. The molecule has 0 atom stereocenters. The maximum Gasteiger partial charge on any atom is 0.387 e. The lowest BCUT2D eigenvalue weighted by molar-refractivity contribution is -0.0498. The molecule has 0 aliphatic heterocycles. The van der Waals surface area contributed by atoms with Crippen molar-refractivity contribution in [1.29, 1.82) is 0 Å². The molecule has 162 valence electrons. The van der Waals surface area contributed by atoms with Gasteiger partial charge in [0.25, 0.3) is 0 Å². The van der Waals surface area contributed by atoms with Gasteiger partial charge < -0.3 is 14.0 Å². The molecular weight excluding hydrogens is 451 g/mol. The molecule has 31 heavy (non-hydrogen) atoms. The van der Waals surface area contributed by atoms with Crippen molar-refractivity contribution in [3.63, 3.8) is 0 Å². The molecule has 3 aromatic rings. The highest BCUT2D eigenvalue weighted by Gasteiger charge is 2.20. The van der Waals surface area contributed by atoms with Gasteiger partial charge in [0.05, 0.1) is 10.6 Å². The first-order valence-corrected chi connectivity index (χ1v) is 9.82. The summed E-state index contributed by atoms with van der Waals surface area (Å²) in [6.45, 7) is 0.146. The fraction of sp³-hybridized carbons (Fsp3) is 0.182. The Balaban J connectivity index is 1.76. The summed E-state index contributed by atoms with van der Waals surface area (Å²) in [6.07, 6.45) is 0. The summed E-state index contributed by atoms with van der Waals surface area (Å²) >= 11 is 11.9. The third-order valence-electron chi connectivity index (χ3n) is 4.53. The molecule has 0 saturated carbocycles. The molecule has 1 heterocycles. The second-order valence-corrected chi connectivity index (χ2v) is 7.46. The topological polar surface area (TPSA) is 57.5 Å². The van der Waals surface area contributed by atoms with Crippen LogP contribution in [0.15, 0.2) is 48.5 Å². The molecule has 0 N–H and O–H groups in total. The van der Waals surface area contributed by atoms with Gasteiger partial charge in [0.2, 0.25) is 5.78 Å². The van der Waals surface area contributed by atoms with E-state index in [1.807, 2.05) is 0 Å². The highest BCUT2D eigenvalue weighted by atomic mass is 35.5. The molecule has 0 fully saturated rings. The monoisotopic (exact) mass is 467 g/mol. The van der Waals surface area contributed by atoms with Gasteiger partial charge >= 0.3 is 12.6 Å². The van der Waals surface area contributed by atoms with E-state index in [-0.39, 0.29) is 16.3 Å². The Morgan fingerprint density at radius 1 is 1.00 bits per heavy atom. The predicted octanol–water partition coefficient (Wildman–Crippen LogP) is 6.04. The van der Waals surface area contributed by atoms with Crippen LogP contribution in [0.3, 0.4) is 0 Å². The quantitative estimate of drug-likeness (QED) is 0.313. The standard InChI is InChI=1S/C22H17Cl2F2NO4/c1-12-9-17(13(2)27(12)15-4-6-16(7-5-15)31-22(25)26)20(28)11-30-21(29)18-10-14(23)3-8-19(18)24/h3-10,22H,11H2,1-2H3. The van der Waals surface area contributed by atoms with E-state index in [9.17, 15) is 18.4 Å². The Kier molecular flexibility index (Phi) is 6.97. The summed E-state index contributed by atoms with van der Waals surface area (Å²) < 4.78 is 35.9. The van der Waals surface area contributed by atoms with E-state index in [0.717, 1.165) is 5.69 Å². The molecule has 0 unspecified atom stereocenters. The van der Waals surface area contributed by atoms with Crippen LogP contribution in [0.25, 0.3) is 5.69 Å². The number of hydrogen-bond donors (Lipinski definition) is 0. The van der Waals surface area contributed by atoms with Crippen molar-refractivity contribution < 1.29 is 27.8 Å². The van der Waals surface area contributed by atoms with Gasteiger partial charge in [0, 0.05) is 27.7 Å². The highest BCUT2D eigenvalue weighted by molar-refractivity contribution is 6.35. The summed E-state index contributed by atoms with van der Waals surface area (Å²) in [4.78, 5) is 24.9. The second-order valence-electron chi connectivity index (χ2n) is 6.62. The minimum absolute atomic E-state index is 0.0316. The Bertz CT molecular complexity index is 1130. The number of aromatic nitrogens is 1. The third kappa shape index (κ3) is 5.24. The minimum atomic E-state index is -2.91. The number of nitrogens with zero attached hydrogens (tertiary/aromatic N) is 1. The van der Waals surface area contributed by atoms with Crippen molar-refractivity contribution in [2.45, 2.75) is 20.5 Å². The van der Waals surface area contributed by atoms with Crippen LogP contribution >= 0.6 is 23.2 Å².